The number of pyridine rings is 2. The zero-order chi connectivity index (χ0) is 15.2. The molecule has 0 saturated heterocycles. The van der Waals surface area contributed by atoms with Crippen LogP contribution in [0.25, 0.3) is 11.0 Å². The number of primary amides is 1. The molecule has 3 aromatic rings. The molecule has 2 atom stereocenters. The van der Waals surface area contributed by atoms with Crippen LogP contribution >= 0.6 is 0 Å². The number of amides is 1. The second-order valence-corrected chi connectivity index (χ2v) is 5.75. The fourth-order valence-corrected chi connectivity index (χ4v) is 3.48. The molecule has 1 fully saturated rings. The van der Waals surface area contributed by atoms with E-state index in [1.54, 1.807) is 24.8 Å². The van der Waals surface area contributed by atoms with Crippen LogP contribution < -0.4 is 5.73 Å². The van der Waals surface area contributed by atoms with Crippen LogP contribution in [0.15, 0.2) is 43.0 Å². The first kappa shape index (κ1) is 12.9. The summed E-state index contributed by atoms with van der Waals surface area (Å²) >= 11 is 0. The zero-order valence-electron chi connectivity index (χ0n) is 11.9. The number of carbonyl (C=O) groups is 1. The molecule has 1 saturated carbocycles. The van der Waals surface area contributed by atoms with Crippen LogP contribution in [0.3, 0.4) is 0 Å². The van der Waals surface area contributed by atoms with Gasteiger partial charge in [-0.1, -0.05) is 6.07 Å². The van der Waals surface area contributed by atoms with E-state index in [0.29, 0.717) is 0 Å². The lowest BCUT2D eigenvalue weighted by Crippen LogP contribution is -2.52. The molecule has 6 heteroatoms. The van der Waals surface area contributed by atoms with Crippen molar-refractivity contribution in [3.8, 4) is 0 Å². The zero-order valence-corrected chi connectivity index (χ0v) is 11.9. The second kappa shape index (κ2) is 4.62. The third-order valence-electron chi connectivity index (χ3n) is 4.75. The van der Waals surface area contributed by atoms with Gasteiger partial charge in [-0.15, -0.1) is 0 Å². The summed E-state index contributed by atoms with van der Waals surface area (Å²) in [4.78, 5) is 20.8. The molecule has 0 bridgehead atoms. The number of aromatic amines is 1. The van der Waals surface area contributed by atoms with Crippen molar-refractivity contribution in [3.63, 3.8) is 0 Å². The minimum absolute atomic E-state index is 0.0287. The highest BCUT2D eigenvalue weighted by molar-refractivity contribution is 5.89. The number of hydrogen-bond acceptors (Lipinski definition) is 4. The normalized spacial score (nSPS) is 24.1. The van der Waals surface area contributed by atoms with Gasteiger partial charge >= 0.3 is 0 Å². The highest BCUT2D eigenvalue weighted by atomic mass is 16.1. The summed E-state index contributed by atoms with van der Waals surface area (Å²) in [6.07, 6.45) is 8.62. The molecule has 3 aromatic heterocycles. The van der Waals surface area contributed by atoms with Crippen LogP contribution in [0, 0.1) is 0 Å². The Morgan fingerprint density at radius 2 is 2.27 bits per heavy atom. The molecular weight excluding hydrogens is 278 g/mol. The lowest BCUT2D eigenvalue weighted by Gasteiger charge is -2.47. The number of fused-ring (bicyclic) bond motifs is 1. The molecular formula is C16H15N5O. The van der Waals surface area contributed by atoms with Gasteiger partial charge in [0.25, 0.3) is 0 Å². The molecule has 1 aliphatic rings. The Bertz CT molecular complexity index is 844. The van der Waals surface area contributed by atoms with Gasteiger partial charge in [-0.05, 0) is 36.1 Å². The molecule has 0 aliphatic heterocycles. The first-order chi connectivity index (χ1) is 10.7. The van der Waals surface area contributed by atoms with Gasteiger partial charge in [0.1, 0.15) is 0 Å². The van der Waals surface area contributed by atoms with Crippen molar-refractivity contribution < 1.29 is 4.79 Å². The maximum absolute atomic E-state index is 12.3. The number of aromatic nitrogens is 4. The molecule has 1 aliphatic carbocycles. The van der Waals surface area contributed by atoms with Gasteiger partial charge in [0, 0.05) is 29.9 Å². The Labute approximate surface area is 126 Å². The molecule has 1 amide bonds. The van der Waals surface area contributed by atoms with Crippen LogP contribution in [0.2, 0.25) is 0 Å². The molecule has 3 N–H and O–H groups in total. The number of nitrogens with one attached hydrogen (secondary N) is 1. The van der Waals surface area contributed by atoms with E-state index in [4.69, 9.17) is 5.73 Å². The van der Waals surface area contributed by atoms with Crippen LogP contribution in [0.5, 0.6) is 0 Å². The lowest BCUT2D eigenvalue weighted by atomic mass is 9.54. The van der Waals surface area contributed by atoms with Gasteiger partial charge in [-0.25, -0.2) is 4.98 Å². The highest BCUT2D eigenvalue weighted by Crippen LogP contribution is 2.54. The summed E-state index contributed by atoms with van der Waals surface area (Å²) in [6, 6.07) is 5.80. The third-order valence-corrected chi connectivity index (χ3v) is 4.75. The summed E-state index contributed by atoms with van der Waals surface area (Å²) in [7, 11) is 0. The summed E-state index contributed by atoms with van der Waals surface area (Å²) in [5, 5.41) is 7.76. The molecule has 110 valence electrons. The lowest BCUT2D eigenvalue weighted by molar-refractivity contribution is -0.127. The Hall–Kier alpha value is -2.76. The van der Waals surface area contributed by atoms with E-state index in [1.165, 1.54) is 0 Å². The van der Waals surface area contributed by atoms with E-state index in [1.807, 2.05) is 18.2 Å². The number of hydrogen-bond donors (Lipinski definition) is 2. The molecule has 22 heavy (non-hydrogen) atoms. The number of carbonyl (C=O) groups excluding carboxylic acids is 1. The second-order valence-electron chi connectivity index (χ2n) is 5.75. The number of H-pyrrole nitrogens is 1. The average molecular weight is 293 g/mol. The Kier molecular flexibility index (Phi) is 2.72. The van der Waals surface area contributed by atoms with E-state index in [2.05, 4.69) is 20.2 Å². The minimum Gasteiger partial charge on any atom is -0.369 e. The fourth-order valence-electron chi connectivity index (χ4n) is 3.48. The first-order valence-electron chi connectivity index (χ1n) is 7.21. The van der Waals surface area contributed by atoms with E-state index < -0.39 is 5.41 Å². The van der Waals surface area contributed by atoms with Crippen molar-refractivity contribution in [2.24, 2.45) is 5.73 Å². The topological polar surface area (TPSA) is 97.5 Å². The largest absolute Gasteiger partial charge is 0.369 e. The maximum atomic E-state index is 12.3. The summed E-state index contributed by atoms with van der Waals surface area (Å²) in [5.74, 6) is -0.273. The summed E-state index contributed by atoms with van der Waals surface area (Å²) < 4.78 is 0. The van der Waals surface area contributed by atoms with Gasteiger partial charge in [-0.3, -0.25) is 14.9 Å². The van der Waals surface area contributed by atoms with Crippen molar-refractivity contribution in [2.75, 3.05) is 0 Å². The van der Waals surface area contributed by atoms with Crippen molar-refractivity contribution in [3.05, 3.63) is 54.1 Å². The SMILES string of the molecule is NC(=O)C1(c2cccnc2)CCC1c1cnc2[nH]ncc2c1. The highest BCUT2D eigenvalue weighted by Gasteiger charge is 2.53. The smallest absolute Gasteiger partial charge is 0.228 e. The number of nitrogens with zero attached hydrogens (tertiary/aromatic N) is 3. The molecule has 0 spiro atoms. The molecule has 3 heterocycles. The van der Waals surface area contributed by atoms with Gasteiger partial charge in [-0.2, -0.15) is 5.10 Å². The predicted octanol–water partition coefficient (Wildman–Crippen LogP) is 1.65. The number of nitrogens with two attached hydrogens (primary N) is 1. The molecule has 6 nitrogen and oxygen atoms in total. The third kappa shape index (κ3) is 1.67. The van der Waals surface area contributed by atoms with Gasteiger partial charge < -0.3 is 5.73 Å². The Morgan fingerprint density at radius 1 is 1.36 bits per heavy atom. The molecule has 2 unspecified atom stereocenters. The van der Waals surface area contributed by atoms with E-state index >= 15 is 0 Å². The monoisotopic (exact) mass is 293 g/mol. The summed E-state index contributed by atoms with van der Waals surface area (Å²) in [5.41, 5.74) is 7.73. The van der Waals surface area contributed by atoms with Crippen LogP contribution in [-0.2, 0) is 10.2 Å². The first-order valence-corrected chi connectivity index (χ1v) is 7.21. The molecule has 0 radical (unpaired) electrons. The minimum atomic E-state index is -0.687. The van der Waals surface area contributed by atoms with Crippen LogP contribution in [0.4, 0.5) is 0 Å². The quantitative estimate of drug-likeness (QED) is 0.767. The van der Waals surface area contributed by atoms with E-state index in [0.717, 1.165) is 35.0 Å². The fraction of sp³-hybridized carbons (Fsp3) is 0.250. The van der Waals surface area contributed by atoms with Crippen molar-refractivity contribution in [2.45, 2.75) is 24.2 Å². The van der Waals surface area contributed by atoms with Crippen molar-refractivity contribution >= 4 is 16.9 Å². The van der Waals surface area contributed by atoms with Crippen molar-refractivity contribution in [1.82, 2.24) is 20.2 Å². The predicted molar refractivity (Wildman–Crippen MR) is 81.0 cm³/mol. The van der Waals surface area contributed by atoms with Crippen LogP contribution in [-0.4, -0.2) is 26.1 Å². The van der Waals surface area contributed by atoms with Gasteiger partial charge in [0.2, 0.25) is 5.91 Å². The summed E-state index contributed by atoms with van der Waals surface area (Å²) in [6.45, 7) is 0. The van der Waals surface area contributed by atoms with E-state index in [-0.39, 0.29) is 11.8 Å². The average Bonchev–Trinajstić information content (AvgIpc) is 2.95. The van der Waals surface area contributed by atoms with Gasteiger partial charge in [0.05, 0.1) is 11.6 Å². The van der Waals surface area contributed by atoms with Crippen molar-refractivity contribution in [1.29, 1.82) is 0 Å². The van der Waals surface area contributed by atoms with E-state index in [9.17, 15) is 4.79 Å². The standard InChI is InChI=1S/C16H15N5O/c17-15(22)16(12-2-1-5-18-9-12)4-3-13(16)10-6-11-8-20-21-14(11)19-7-10/h1-2,5-9,13H,3-4H2,(H2,17,22)(H,19,20,21). The van der Waals surface area contributed by atoms with Crippen LogP contribution in [0.1, 0.15) is 29.9 Å². The molecule has 4 rings (SSSR count). The maximum Gasteiger partial charge on any atom is 0.228 e. The Balaban J connectivity index is 1.82. The number of rotatable bonds is 3. The Morgan fingerprint density at radius 3 is 2.95 bits per heavy atom. The van der Waals surface area contributed by atoms with Gasteiger partial charge in [0.15, 0.2) is 5.65 Å². The molecule has 0 aromatic carbocycles.